The molecule has 0 unspecified atom stereocenters. The quantitative estimate of drug-likeness (QED) is 0.925. The first-order valence-electron chi connectivity index (χ1n) is 8.36. The number of hydrogen-bond acceptors (Lipinski definition) is 4. The van der Waals surface area contributed by atoms with E-state index in [9.17, 15) is 5.11 Å². The summed E-state index contributed by atoms with van der Waals surface area (Å²) < 4.78 is 0. The van der Waals surface area contributed by atoms with Crippen LogP contribution in [0.5, 0.6) is 0 Å². The van der Waals surface area contributed by atoms with Crippen LogP contribution in [-0.2, 0) is 0 Å². The molecule has 1 saturated carbocycles. The number of rotatable bonds is 2. The van der Waals surface area contributed by atoms with E-state index in [1.807, 2.05) is 30.5 Å². The molecule has 0 amide bonds. The summed E-state index contributed by atoms with van der Waals surface area (Å²) >= 11 is 0. The van der Waals surface area contributed by atoms with Gasteiger partial charge in [-0.3, -0.25) is 4.98 Å². The average Bonchev–Trinajstić information content (AvgIpc) is 2.48. The molecule has 1 saturated heterocycles. The Kier molecular flexibility index (Phi) is 3.30. The summed E-state index contributed by atoms with van der Waals surface area (Å²) in [6, 6.07) is 7.97. The van der Waals surface area contributed by atoms with Crippen LogP contribution < -0.4 is 4.90 Å². The fraction of sp³-hybridized carbons (Fsp3) is 0.556. The molecule has 0 spiro atoms. The number of benzene rings is 1. The van der Waals surface area contributed by atoms with Gasteiger partial charge in [0.15, 0.2) is 0 Å². The van der Waals surface area contributed by atoms with E-state index in [-0.39, 0.29) is 5.92 Å². The highest BCUT2D eigenvalue weighted by molar-refractivity contribution is 5.75. The third-order valence-electron chi connectivity index (χ3n) is 5.70. The highest BCUT2D eigenvalue weighted by Crippen LogP contribution is 2.44. The van der Waals surface area contributed by atoms with E-state index < -0.39 is 5.60 Å². The van der Waals surface area contributed by atoms with Gasteiger partial charge in [-0.2, -0.15) is 0 Å². The van der Waals surface area contributed by atoms with Crippen molar-refractivity contribution in [2.75, 3.05) is 18.0 Å². The molecule has 22 heavy (non-hydrogen) atoms. The summed E-state index contributed by atoms with van der Waals surface area (Å²) in [5.74, 6) is 1.72. The van der Waals surface area contributed by atoms with Gasteiger partial charge in [-0.15, -0.1) is 0 Å². The Morgan fingerprint density at radius 1 is 1.23 bits per heavy atom. The monoisotopic (exact) mass is 297 g/mol. The number of nitrogens with zero attached hydrogens (tertiary/aromatic N) is 3. The van der Waals surface area contributed by atoms with Gasteiger partial charge in [-0.25, -0.2) is 4.98 Å². The van der Waals surface area contributed by atoms with E-state index in [0.717, 1.165) is 36.4 Å². The molecular formula is C18H23N3O. The highest BCUT2D eigenvalue weighted by atomic mass is 16.3. The first-order chi connectivity index (χ1) is 10.7. The van der Waals surface area contributed by atoms with E-state index in [4.69, 9.17) is 4.98 Å². The molecule has 1 aromatic heterocycles. The molecular weight excluding hydrogens is 274 g/mol. The average molecular weight is 297 g/mol. The van der Waals surface area contributed by atoms with Crippen LogP contribution in [0.3, 0.4) is 0 Å². The molecule has 1 aliphatic heterocycles. The fourth-order valence-electron chi connectivity index (χ4n) is 3.96. The number of aromatic nitrogens is 2. The van der Waals surface area contributed by atoms with Crippen LogP contribution in [0.1, 0.15) is 32.6 Å². The van der Waals surface area contributed by atoms with E-state index in [1.54, 1.807) is 0 Å². The predicted octanol–water partition coefficient (Wildman–Crippen LogP) is 3.01. The number of fused-ring (bicyclic) bond motifs is 1. The Morgan fingerprint density at radius 3 is 2.68 bits per heavy atom. The van der Waals surface area contributed by atoms with Crippen molar-refractivity contribution in [3.8, 4) is 0 Å². The number of hydrogen-bond donors (Lipinski definition) is 1. The van der Waals surface area contributed by atoms with Crippen LogP contribution >= 0.6 is 0 Å². The van der Waals surface area contributed by atoms with Crippen molar-refractivity contribution in [1.82, 2.24) is 9.97 Å². The Balaban J connectivity index is 1.56. The molecule has 2 aliphatic rings. The first kappa shape index (κ1) is 13.9. The van der Waals surface area contributed by atoms with Gasteiger partial charge in [0.05, 0.1) is 22.8 Å². The first-order valence-corrected chi connectivity index (χ1v) is 8.36. The van der Waals surface area contributed by atoms with Gasteiger partial charge < -0.3 is 10.0 Å². The van der Waals surface area contributed by atoms with Crippen molar-refractivity contribution in [3.05, 3.63) is 30.5 Å². The van der Waals surface area contributed by atoms with Gasteiger partial charge in [0.2, 0.25) is 0 Å². The maximum absolute atomic E-state index is 11.0. The standard InChI is InChI=1S/C18H23N3O/c1-13-12-21(10-9-18(13,22)14-5-4-6-14)17-11-19-15-7-2-3-8-16(15)20-17/h2-3,7-8,11,13-14,22H,4-6,9-10,12H2,1H3/t13-,18+/m1/s1. The third kappa shape index (κ3) is 2.17. The summed E-state index contributed by atoms with van der Waals surface area (Å²) in [6.45, 7) is 3.91. The molecule has 4 nitrogen and oxygen atoms in total. The van der Waals surface area contributed by atoms with Crippen molar-refractivity contribution in [3.63, 3.8) is 0 Å². The lowest BCUT2D eigenvalue weighted by Gasteiger charge is -2.50. The predicted molar refractivity (Wildman–Crippen MR) is 87.8 cm³/mol. The third-order valence-corrected chi connectivity index (χ3v) is 5.70. The van der Waals surface area contributed by atoms with Gasteiger partial charge in [0, 0.05) is 19.0 Å². The Bertz CT molecular complexity index is 685. The van der Waals surface area contributed by atoms with Crippen molar-refractivity contribution in [2.45, 2.75) is 38.2 Å². The van der Waals surface area contributed by atoms with Crippen molar-refractivity contribution in [2.24, 2.45) is 11.8 Å². The van der Waals surface area contributed by atoms with Crippen molar-refractivity contribution >= 4 is 16.9 Å². The molecule has 1 N–H and O–H groups in total. The molecule has 1 aromatic carbocycles. The lowest BCUT2D eigenvalue weighted by atomic mass is 9.65. The van der Waals surface area contributed by atoms with Crippen molar-refractivity contribution in [1.29, 1.82) is 0 Å². The Morgan fingerprint density at radius 2 is 2.00 bits per heavy atom. The zero-order valence-electron chi connectivity index (χ0n) is 13.1. The van der Waals surface area contributed by atoms with Gasteiger partial charge in [0.1, 0.15) is 5.82 Å². The molecule has 2 aromatic rings. The number of piperidine rings is 1. The molecule has 0 bridgehead atoms. The second-order valence-electron chi connectivity index (χ2n) is 6.93. The molecule has 2 heterocycles. The van der Waals surface area contributed by atoms with Crippen LogP contribution in [0.15, 0.2) is 30.5 Å². The van der Waals surface area contributed by atoms with Crippen LogP contribution in [0.25, 0.3) is 11.0 Å². The zero-order valence-corrected chi connectivity index (χ0v) is 13.1. The van der Waals surface area contributed by atoms with Crippen LogP contribution in [-0.4, -0.2) is 33.8 Å². The van der Waals surface area contributed by atoms with E-state index in [0.29, 0.717) is 5.92 Å². The molecule has 4 heteroatoms. The Hall–Kier alpha value is -1.68. The van der Waals surface area contributed by atoms with Gasteiger partial charge in [-0.1, -0.05) is 25.5 Å². The SMILES string of the molecule is C[C@@H]1CN(c2cnc3ccccc3n2)CC[C@@]1(O)C1CCC1. The minimum atomic E-state index is -0.473. The lowest BCUT2D eigenvalue weighted by Crippen LogP contribution is -2.56. The summed E-state index contributed by atoms with van der Waals surface area (Å²) in [4.78, 5) is 11.5. The second-order valence-corrected chi connectivity index (χ2v) is 6.93. The fourth-order valence-corrected chi connectivity index (χ4v) is 3.96. The molecule has 2 fully saturated rings. The number of anilines is 1. The summed E-state index contributed by atoms with van der Waals surface area (Å²) in [5.41, 5.74) is 1.40. The minimum Gasteiger partial charge on any atom is -0.389 e. The van der Waals surface area contributed by atoms with Crippen LogP contribution in [0, 0.1) is 11.8 Å². The van der Waals surface area contributed by atoms with Gasteiger partial charge >= 0.3 is 0 Å². The van der Waals surface area contributed by atoms with E-state index >= 15 is 0 Å². The molecule has 4 rings (SSSR count). The van der Waals surface area contributed by atoms with E-state index in [1.165, 1.54) is 19.3 Å². The topological polar surface area (TPSA) is 49.2 Å². The van der Waals surface area contributed by atoms with E-state index in [2.05, 4.69) is 16.8 Å². The normalized spacial score (nSPS) is 29.5. The zero-order chi connectivity index (χ0) is 15.2. The summed E-state index contributed by atoms with van der Waals surface area (Å²) in [6.07, 6.45) is 6.36. The Labute approximate surface area is 131 Å². The highest BCUT2D eigenvalue weighted by Gasteiger charge is 2.47. The van der Waals surface area contributed by atoms with Gasteiger partial charge in [-0.05, 0) is 37.3 Å². The lowest BCUT2D eigenvalue weighted by molar-refractivity contribution is -0.102. The largest absolute Gasteiger partial charge is 0.389 e. The maximum Gasteiger partial charge on any atom is 0.147 e. The molecule has 116 valence electrons. The molecule has 2 atom stereocenters. The second kappa shape index (κ2) is 5.20. The smallest absolute Gasteiger partial charge is 0.147 e. The van der Waals surface area contributed by atoms with Crippen LogP contribution in [0.4, 0.5) is 5.82 Å². The maximum atomic E-state index is 11.0. The minimum absolute atomic E-state index is 0.278. The van der Waals surface area contributed by atoms with Crippen LogP contribution in [0.2, 0.25) is 0 Å². The molecule has 0 radical (unpaired) electrons. The van der Waals surface area contributed by atoms with Crippen molar-refractivity contribution < 1.29 is 5.11 Å². The summed E-state index contributed by atoms with van der Waals surface area (Å²) in [7, 11) is 0. The molecule has 1 aliphatic carbocycles. The number of aliphatic hydroxyl groups is 1. The summed E-state index contributed by atoms with van der Waals surface area (Å²) in [5, 5.41) is 11.0. The number of para-hydroxylation sites is 2. The van der Waals surface area contributed by atoms with Gasteiger partial charge in [0.25, 0.3) is 0 Å².